The number of carbonyl (C=O) groups is 1. The van der Waals surface area contributed by atoms with Crippen molar-refractivity contribution in [2.45, 2.75) is 18.7 Å². The molecule has 0 aliphatic heterocycles. The van der Waals surface area contributed by atoms with Crippen LogP contribution in [-0.4, -0.2) is 31.3 Å². The number of hydrogen-bond acceptors (Lipinski definition) is 5. The van der Waals surface area contributed by atoms with Gasteiger partial charge in [-0.1, -0.05) is 24.3 Å². The molecule has 1 aromatic carbocycles. The highest BCUT2D eigenvalue weighted by molar-refractivity contribution is 7.99. The Balaban J connectivity index is 1.91. The number of amides is 1. The fourth-order valence-electron chi connectivity index (χ4n) is 2.26. The lowest BCUT2D eigenvalue weighted by Gasteiger charge is -2.18. The summed E-state index contributed by atoms with van der Waals surface area (Å²) in [6, 6.07) is 12.4. The first-order valence-corrected chi connectivity index (χ1v) is 10.7. The van der Waals surface area contributed by atoms with E-state index in [1.165, 1.54) is 11.8 Å². The SMILES string of the molecule is CC(NC(=O)CSCc1ccccn1)c1ccccc1NS(C)(=O)=O. The van der Waals surface area contributed by atoms with E-state index in [9.17, 15) is 13.2 Å². The van der Waals surface area contributed by atoms with Gasteiger partial charge in [-0.15, -0.1) is 11.8 Å². The molecule has 1 heterocycles. The fourth-order valence-corrected chi connectivity index (χ4v) is 3.60. The average Bonchev–Trinajstić information content (AvgIpc) is 2.54. The summed E-state index contributed by atoms with van der Waals surface area (Å²) < 4.78 is 25.4. The number of pyridine rings is 1. The van der Waals surface area contributed by atoms with Crippen molar-refractivity contribution >= 4 is 33.4 Å². The van der Waals surface area contributed by atoms with Crippen molar-refractivity contribution in [2.75, 3.05) is 16.7 Å². The summed E-state index contributed by atoms with van der Waals surface area (Å²) in [6.07, 6.45) is 2.82. The minimum Gasteiger partial charge on any atom is -0.349 e. The predicted octanol–water partition coefficient (Wildman–Crippen LogP) is 2.56. The van der Waals surface area contributed by atoms with Gasteiger partial charge in [-0.3, -0.25) is 14.5 Å². The molecule has 2 N–H and O–H groups in total. The van der Waals surface area contributed by atoms with Crippen molar-refractivity contribution in [1.82, 2.24) is 10.3 Å². The Labute approximate surface area is 152 Å². The molecule has 1 atom stereocenters. The second-order valence-electron chi connectivity index (χ2n) is 5.56. The number of nitrogens with one attached hydrogen (secondary N) is 2. The van der Waals surface area contributed by atoms with Gasteiger partial charge in [-0.25, -0.2) is 8.42 Å². The molecule has 8 heteroatoms. The lowest BCUT2D eigenvalue weighted by molar-refractivity contribution is -0.119. The fraction of sp³-hybridized carbons (Fsp3) is 0.294. The highest BCUT2D eigenvalue weighted by atomic mass is 32.2. The molecule has 0 aliphatic carbocycles. The molecule has 0 spiro atoms. The molecule has 25 heavy (non-hydrogen) atoms. The second-order valence-corrected chi connectivity index (χ2v) is 8.30. The Morgan fingerprint density at radius 2 is 1.92 bits per heavy atom. The van der Waals surface area contributed by atoms with Gasteiger partial charge in [0, 0.05) is 11.9 Å². The first kappa shape index (κ1) is 19.3. The van der Waals surface area contributed by atoms with Crippen molar-refractivity contribution in [3.05, 3.63) is 59.9 Å². The molecule has 134 valence electrons. The standard InChI is InChI=1S/C17H21N3O3S2/c1-13(15-8-3-4-9-16(15)20-25(2,22)23)19-17(21)12-24-11-14-7-5-6-10-18-14/h3-10,13,20H,11-12H2,1-2H3,(H,19,21). The number of sulfonamides is 1. The number of carbonyl (C=O) groups excluding carboxylic acids is 1. The smallest absolute Gasteiger partial charge is 0.230 e. The predicted molar refractivity (Wildman–Crippen MR) is 102 cm³/mol. The van der Waals surface area contributed by atoms with E-state index in [4.69, 9.17) is 0 Å². The van der Waals surface area contributed by atoms with Gasteiger partial charge in [0.05, 0.1) is 29.4 Å². The van der Waals surface area contributed by atoms with Gasteiger partial charge < -0.3 is 5.32 Å². The Bertz CT molecular complexity index is 811. The Morgan fingerprint density at radius 3 is 2.60 bits per heavy atom. The molecule has 1 unspecified atom stereocenters. The molecule has 1 aromatic heterocycles. The third-order valence-electron chi connectivity index (χ3n) is 3.31. The largest absolute Gasteiger partial charge is 0.349 e. The van der Waals surface area contributed by atoms with Crippen LogP contribution in [0.2, 0.25) is 0 Å². The zero-order valence-electron chi connectivity index (χ0n) is 14.1. The summed E-state index contributed by atoms with van der Waals surface area (Å²) in [7, 11) is -3.38. The number of nitrogens with zero attached hydrogens (tertiary/aromatic N) is 1. The van der Waals surface area contributed by atoms with E-state index >= 15 is 0 Å². The van der Waals surface area contributed by atoms with Crippen LogP contribution in [0.1, 0.15) is 24.2 Å². The summed E-state index contributed by atoms with van der Waals surface area (Å²) in [4.78, 5) is 16.3. The van der Waals surface area contributed by atoms with E-state index < -0.39 is 10.0 Å². The summed E-state index contributed by atoms with van der Waals surface area (Å²) in [5.74, 6) is 0.861. The van der Waals surface area contributed by atoms with E-state index in [1.54, 1.807) is 30.5 Å². The lowest BCUT2D eigenvalue weighted by atomic mass is 10.1. The summed E-state index contributed by atoms with van der Waals surface area (Å²) >= 11 is 1.48. The molecule has 0 saturated carbocycles. The molecule has 0 bridgehead atoms. The topological polar surface area (TPSA) is 88.2 Å². The number of hydrogen-bond donors (Lipinski definition) is 2. The first-order valence-electron chi connectivity index (χ1n) is 7.69. The second kappa shape index (κ2) is 8.87. The van der Waals surface area contributed by atoms with Crippen LogP contribution in [-0.2, 0) is 20.6 Å². The third kappa shape index (κ3) is 6.75. The van der Waals surface area contributed by atoms with Gasteiger partial charge in [0.2, 0.25) is 15.9 Å². The number of benzene rings is 1. The van der Waals surface area contributed by atoms with Crippen LogP contribution in [0.5, 0.6) is 0 Å². The van der Waals surface area contributed by atoms with Crippen molar-refractivity contribution < 1.29 is 13.2 Å². The molecular formula is C17H21N3O3S2. The number of rotatable bonds is 8. The number of aromatic nitrogens is 1. The van der Waals surface area contributed by atoms with Crippen LogP contribution in [0.15, 0.2) is 48.7 Å². The molecule has 0 radical (unpaired) electrons. The average molecular weight is 380 g/mol. The molecule has 2 aromatic rings. The monoisotopic (exact) mass is 379 g/mol. The van der Waals surface area contributed by atoms with E-state index in [0.717, 1.165) is 17.5 Å². The van der Waals surface area contributed by atoms with Crippen molar-refractivity contribution in [3.63, 3.8) is 0 Å². The highest BCUT2D eigenvalue weighted by Gasteiger charge is 2.15. The molecule has 0 saturated heterocycles. The quantitative estimate of drug-likeness (QED) is 0.736. The maximum Gasteiger partial charge on any atom is 0.230 e. The third-order valence-corrected chi connectivity index (χ3v) is 4.87. The Kier molecular flexibility index (Phi) is 6.83. The van der Waals surface area contributed by atoms with Crippen molar-refractivity contribution in [2.24, 2.45) is 0 Å². The number of anilines is 1. The molecule has 2 rings (SSSR count). The van der Waals surface area contributed by atoms with Gasteiger partial charge >= 0.3 is 0 Å². The lowest BCUT2D eigenvalue weighted by Crippen LogP contribution is -2.29. The van der Waals surface area contributed by atoms with Crippen molar-refractivity contribution in [3.8, 4) is 0 Å². The van der Waals surface area contributed by atoms with E-state index in [2.05, 4.69) is 15.0 Å². The van der Waals surface area contributed by atoms with E-state index in [-0.39, 0.29) is 11.9 Å². The van der Waals surface area contributed by atoms with Gasteiger partial charge in [0.1, 0.15) is 0 Å². The Morgan fingerprint density at radius 1 is 1.20 bits per heavy atom. The number of para-hydroxylation sites is 1. The maximum absolute atomic E-state index is 12.1. The van der Waals surface area contributed by atoms with Crippen LogP contribution in [0, 0.1) is 0 Å². The zero-order chi connectivity index (χ0) is 18.3. The van der Waals surface area contributed by atoms with Crippen LogP contribution in [0.3, 0.4) is 0 Å². The summed E-state index contributed by atoms with van der Waals surface area (Å²) in [6.45, 7) is 1.82. The van der Waals surface area contributed by atoms with Crippen LogP contribution < -0.4 is 10.0 Å². The van der Waals surface area contributed by atoms with Crippen molar-refractivity contribution in [1.29, 1.82) is 0 Å². The summed E-state index contributed by atoms with van der Waals surface area (Å²) in [5.41, 5.74) is 2.12. The zero-order valence-corrected chi connectivity index (χ0v) is 15.7. The highest BCUT2D eigenvalue weighted by Crippen LogP contribution is 2.23. The normalized spacial score (nSPS) is 12.4. The van der Waals surface area contributed by atoms with E-state index in [1.807, 2.05) is 25.1 Å². The number of thioether (sulfide) groups is 1. The minimum absolute atomic E-state index is 0.109. The first-order chi connectivity index (χ1) is 11.8. The van der Waals surface area contributed by atoms with Gasteiger partial charge in [-0.05, 0) is 30.7 Å². The Hall–Kier alpha value is -2.06. The van der Waals surface area contributed by atoms with Gasteiger partial charge in [0.15, 0.2) is 0 Å². The van der Waals surface area contributed by atoms with Crippen LogP contribution in [0.4, 0.5) is 5.69 Å². The van der Waals surface area contributed by atoms with E-state index in [0.29, 0.717) is 17.2 Å². The summed E-state index contributed by atoms with van der Waals surface area (Å²) in [5, 5.41) is 2.89. The van der Waals surface area contributed by atoms with Gasteiger partial charge in [-0.2, -0.15) is 0 Å². The van der Waals surface area contributed by atoms with Crippen LogP contribution in [0.25, 0.3) is 0 Å². The molecule has 1 amide bonds. The minimum atomic E-state index is -3.38. The molecule has 6 nitrogen and oxygen atoms in total. The maximum atomic E-state index is 12.1. The van der Waals surface area contributed by atoms with Gasteiger partial charge in [0.25, 0.3) is 0 Å². The molecular weight excluding hydrogens is 358 g/mol. The molecule has 0 fully saturated rings. The molecule has 0 aliphatic rings. The van der Waals surface area contributed by atoms with Crippen LogP contribution >= 0.6 is 11.8 Å².